The lowest BCUT2D eigenvalue weighted by Gasteiger charge is -2.06. The largest absolute Gasteiger partial charge is 0.504 e. The van der Waals surface area contributed by atoms with Crippen LogP contribution < -0.4 is 10.5 Å². The molecule has 0 spiro atoms. The second-order valence-electron chi connectivity index (χ2n) is 3.86. The van der Waals surface area contributed by atoms with E-state index >= 15 is 0 Å². The number of ether oxygens (including phenoxy) is 1. The Bertz CT molecular complexity index is 535. The number of phenols is 1. The van der Waals surface area contributed by atoms with Crippen molar-refractivity contribution in [2.75, 3.05) is 12.8 Å². The molecule has 0 fully saturated rings. The topological polar surface area (TPSA) is 73.3 Å². The predicted octanol–water partition coefficient (Wildman–Crippen LogP) is 1.31. The monoisotopic (exact) mass is 233 g/mol. The van der Waals surface area contributed by atoms with Crippen LogP contribution in [0.2, 0.25) is 0 Å². The van der Waals surface area contributed by atoms with Gasteiger partial charge in [0.1, 0.15) is 5.82 Å². The highest BCUT2D eigenvalue weighted by molar-refractivity contribution is 5.46. The van der Waals surface area contributed by atoms with Crippen LogP contribution in [0, 0.1) is 0 Å². The summed E-state index contributed by atoms with van der Waals surface area (Å²) in [5.74, 6) is 1.24. The van der Waals surface area contributed by atoms with Gasteiger partial charge in [-0.1, -0.05) is 6.07 Å². The van der Waals surface area contributed by atoms with Gasteiger partial charge in [0.2, 0.25) is 0 Å². The third kappa shape index (κ3) is 2.18. The molecule has 0 aliphatic rings. The van der Waals surface area contributed by atoms with Crippen molar-refractivity contribution < 1.29 is 9.84 Å². The average Bonchev–Trinajstić information content (AvgIpc) is 2.61. The van der Waals surface area contributed by atoms with Gasteiger partial charge in [0, 0.05) is 19.0 Å². The quantitative estimate of drug-likeness (QED) is 0.838. The van der Waals surface area contributed by atoms with E-state index in [9.17, 15) is 5.11 Å². The van der Waals surface area contributed by atoms with E-state index in [1.54, 1.807) is 30.1 Å². The second kappa shape index (κ2) is 4.37. The maximum atomic E-state index is 9.67. The Morgan fingerprint density at radius 2 is 2.24 bits per heavy atom. The van der Waals surface area contributed by atoms with Gasteiger partial charge < -0.3 is 15.6 Å². The first kappa shape index (κ1) is 11.3. The van der Waals surface area contributed by atoms with Crippen LogP contribution in [-0.4, -0.2) is 22.0 Å². The Morgan fingerprint density at radius 1 is 1.47 bits per heavy atom. The summed E-state index contributed by atoms with van der Waals surface area (Å²) in [6.07, 6.45) is 2.37. The highest BCUT2D eigenvalue weighted by atomic mass is 16.5. The van der Waals surface area contributed by atoms with Gasteiger partial charge in [0.25, 0.3) is 0 Å². The van der Waals surface area contributed by atoms with E-state index < -0.39 is 0 Å². The van der Waals surface area contributed by atoms with Crippen LogP contribution in [0.5, 0.6) is 11.5 Å². The molecule has 2 rings (SSSR count). The van der Waals surface area contributed by atoms with Crippen LogP contribution in [0.3, 0.4) is 0 Å². The van der Waals surface area contributed by atoms with Gasteiger partial charge in [-0.25, -0.2) is 0 Å². The maximum absolute atomic E-state index is 9.67. The molecule has 1 aromatic carbocycles. The third-order valence-electron chi connectivity index (χ3n) is 2.70. The van der Waals surface area contributed by atoms with E-state index in [-0.39, 0.29) is 5.75 Å². The number of hydrogen-bond donors (Lipinski definition) is 2. The number of phenolic OH excluding ortho intramolecular Hbond substituents is 1. The molecular weight excluding hydrogens is 218 g/mol. The third-order valence-corrected chi connectivity index (χ3v) is 2.70. The number of aromatic nitrogens is 2. The summed E-state index contributed by atoms with van der Waals surface area (Å²) in [6, 6.07) is 5.30. The summed E-state index contributed by atoms with van der Waals surface area (Å²) in [7, 11) is 3.32. The fourth-order valence-corrected chi connectivity index (χ4v) is 1.69. The number of benzene rings is 1. The fourth-order valence-electron chi connectivity index (χ4n) is 1.69. The molecule has 0 aliphatic carbocycles. The van der Waals surface area contributed by atoms with Crippen LogP contribution in [-0.2, 0) is 13.5 Å². The molecule has 5 heteroatoms. The summed E-state index contributed by atoms with van der Waals surface area (Å²) in [6.45, 7) is 0. The van der Waals surface area contributed by atoms with Crippen molar-refractivity contribution in [2.45, 2.75) is 6.42 Å². The van der Waals surface area contributed by atoms with E-state index in [0.29, 0.717) is 18.0 Å². The van der Waals surface area contributed by atoms with Gasteiger partial charge >= 0.3 is 0 Å². The average molecular weight is 233 g/mol. The maximum Gasteiger partial charge on any atom is 0.160 e. The molecule has 0 saturated heterocycles. The van der Waals surface area contributed by atoms with E-state index in [0.717, 1.165) is 11.1 Å². The SMILES string of the molecule is COc1ccc(Cc2cnn(C)c2N)cc1O. The number of nitrogens with zero attached hydrogens (tertiary/aromatic N) is 2. The summed E-state index contributed by atoms with van der Waals surface area (Å²) in [5, 5.41) is 13.7. The Labute approximate surface area is 99.4 Å². The molecule has 0 amide bonds. The van der Waals surface area contributed by atoms with Crippen LogP contribution >= 0.6 is 0 Å². The molecule has 0 atom stereocenters. The van der Waals surface area contributed by atoms with Gasteiger partial charge in [-0.3, -0.25) is 4.68 Å². The Kier molecular flexibility index (Phi) is 2.91. The smallest absolute Gasteiger partial charge is 0.160 e. The molecule has 0 radical (unpaired) electrons. The number of nitrogens with two attached hydrogens (primary N) is 1. The summed E-state index contributed by atoms with van der Waals surface area (Å²) in [4.78, 5) is 0. The first-order valence-electron chi connectivity index (χ1n) is 5.24. The minimum Gasteiger partial charge on any atom is -0.504 e. The molecule has 2 aromatic rings. The first-order chi connectivity index (χ1) is 8.11. The first-order valence-corrected chi connectivity index (χ1v) is 5.24. The van der Waals surface area contributed by atoms with Crippen molar-refractivity contribution in [3.8, 4) is 11.5 Å². The Balaban J connectivity index is 2.25. The van der Waals surface area contributed by atoms with Crippen LogP contribution in [0.15, 0.2) is 24.4 Å². The van der Waals surface area contributed by atoms with Gasteiger partial charge in [0.15, 0.2) is 11.5 Å². The minimum absolute atomic E-state index is 0.132. The fraction of sp³-hybridized carbons (Fsp3) is 0.250. The Morgan fingerprint density at radius 3 is 2.76 bits per heavy atom. The van der Waals surface area contributed by atoms with Crippen LogP contribution in [0.1, 0.15) is 11.1 Å². The minimum atomic E-state index is 0.132. The number of aryl methyl sites for hydroxylation is 1. The summed E-state index contributed by atoms with van der Waals surface area (Å²) < 4.78 is 6.61. The van der Waals surface area contributed by atoms with Crippen molar-refractivity contribution in [3.05, 3.63) is 35.5 Å². The van der Waals surface area contributed by atoms with Crippen molar-refractivity contribution in [1.29, 1.82) is 0 Å². The highest BCUT2D eigenvalue weighted by Gasteiger charge is 2.08. The summed E-state index contributed by atoms with van der Waals surface area (Å²) >= 11 is 0. The molecule has 0 saturated carbocycles. The van der Waals surface area contributed by atoms with Crippen LogP contribution in [0.25, 0.3) is 0 Å². The molecular formula is C12H15N3O2. The number of methoxy groups -OCH3 is 1. The van der Waals surface area contributed by atoms with Crippen LogP contribution in [0.4, 0.5) is 5.82 Å². The molecule has 0 aliphatic heterocycles. The molecule has 0 unspecified atom stereocenters. The molecule has 3 N–H and O–H groups in total. The molecule has 1 aromatic heterocycles. The van der Waals surface area contributed by atoms with E-state index in [1.807, 2.05) is 6.07 Å². The lowest BCUT2D eigenvalue weighted by molar-refractivity contribution is 0.373. The number of hydrogen-bond acceptors (Lipinski definition) is 4. The zero-order valence-corrected chi connectivity index (χ0v) is 9.84. The molecule has 1 heterocycles. The number of rotatable bonds is 3. The van der Waals surface area contributed by atoms with E-state index in [2.05, 4.69) is 5.10 Å². The van der Waals surface area contributed by atoms with E-state index in [4.69, 9.17) is 10.5 Å². The zero-order valence-electron chi connectivity index (χ0n) is 9.84. The standard InChI is InChI=1S/C12H15N3O2/c1-15-12(13)9(7-14-15)5-8-3-4-11(17-2)10(16)6-8/h3-4,6-7,16H,5,13H2,1-2H3. The van der Waals surface area contributed by atoms with Crippen molar-refractivity contribution in [1.82, 2.24) is 9.78 Å². The highest BCUT2D eigenvalue weighted by Crippen LogP contribution is 2.27. The van der Waals surface area contributed by atoms with Gasteiger partial charge in [-0.05, 0) is 17.7 Å². The van der Waals surface area contributed by atoms with Gasteiger partial charge in [-0.2, -0.15) is 5.10 Å². The second-order valence-corrected chi connectivity index (χ2v) is 3.86. The summed E-state index contributed by atoms with van der Waals surface area (Å²) in [5.41, 5.74) is 7.76. The molecule has 5 nitrogen and oxygen atoms in total. The lowest BCUT2D eigenvalue weighted by atomic mass is 10.1. The van der Waals surface area contributed by atoms with Crippen molar-refractivity contribution >= 4 is 5.82 Å². The molecule has 0 bridgehead atoms. The lowest BCUT2D eigenvalue weighted by Crippen LogP contribution is -2.00. The normalized spacial score (nSPS) is 10.5. The zero-order chi connectivity index (χ0) is 12.4. The van der Waals surface area contributed by atoms with Crippen molar-refractivity contribution in [2.24, 2.45) is 7.05 Å². The van der Waals surface area contributed by atoms with Gasteiger partial charge in [-0.15, -0.1) is 0 Å². The van der Waals surface area contributed by atoms with Gasteiger partial charge in [0.05, 0.1) is 13.3 Å². The van der Waals surface area contributed by atoms with Crippen molar-refractivity contribution in [3.63, 3.8) is 0 Å². The number of aromatic hydroxyl groups is 1. The predicted molar refractivity (Wildman–Crippen MR) is 65.1 cm³/mol. The van der Waals surface area contributed by atoms with E-state index in [1.165, 1.54) is 7.11 Å². The molecule has 90 valence electrons. The molecule has 17 heavy (non-hydrogen) atoms. The number of nitrogen functional groups attached to an aromatic ring is 1. The number of anilines is 1. The Hall–Kier alpha value is -2.17.